The number of hydrogen-bond acceptors (Lipinski definition) is 5. The molecule has 1 aromatic carbocycles. The molecule has 0 atom stereocenters. The zero-order valence-corrected chi connectivity index (χ0v) is 13.7. The number of thiazole rings is 1. The van der Waals surface area contributed by atoms with E-state index >= 15 is 0 Å². The van der Waals surface area contributed by atoms with Crippen LogP contribution in [0.25, 0.3) is 0 Å². The van der Waals surface area contributed by atoms with Gasteiger partial charge in [-0.2, -0.15) is 13.2 Å². The normalized spacial score (nSPS) is 11.2. The van der Waals surface area contributed by atoms with E-state index in [1.165, 1.54) is 25.3 Å². The van der Waals surface area contributed by atoms with Gasteiger partial charge in [-0.15, -0.1) is 11.3 Å². The van der Waals surface area contributed by atoms with Crippen molar-refractivity contribution >= 4 is 23.2 Å². The molecule has 0 saturated carbocycles. The number of methoxy groups -OCH3 is 1. The van der Waals surface area contributed by atoms with Crippen LogP contribution < -0.4 is 10.1 Å². The van der Waals surface area contributed by atoms with Crippen molar-refractivity contribution in [1.29, 1.82) is 0 Å². The Hall–Kier alpha value is -2.62. The summed E-state index contributed by atoms with van der Waals surface area (Å²) in [6.45, 7) is 0.0381. The molecule has 0 aliphatic rings. The molecule has 0 aliphatic carbocycles. The van der Waals surface area contributed by atoms with E-state index in [0.29, 0.717) is 22.6 Å². The molecule has 0 aliphatic heterocycles. The van der Waals surface area contributed by atoms with Crippen LogP contribution in [0.3, 0.4) is 0 Å². The molecule has 1 amide bonds. The van der Waals surface area contributed by atoms with E-state index in [2.05, 4.69) is 10.3 Å². The van der Waals surface area contributed by atoms with Gasteiger partial charge in [0.05, 0.1) is 18.2 Å². The monoisotopic (exact) mass is 374 g/mol. The Morgan fingerprint density at radius 1 is 1.36 bits per heavy atom. The van der Waals surface area contributed by atoms with E-state index in [9.17, 15) is 22.8 Å². The summed E-state index contributed by atoms with van der Waals surface area (Å²) in [7, 11) is 1.37. The minimum atomic E-state index is -4.64. The van der Waals surface area contributed by atoms with Crippen molar-refractivity contribution in [3.05, 3.63) is 45.4 Å². The maximum atomic E-state index is 12.8. The van der Waals surface area contributed by atoms with Crippen LogP contribution in [0.5, 0.6) is 5.75 Å². The Morgan fingerprint density at radius 3 is 2.68 bits per heavy atom. The van der Waals surface area contributed by atoms with Crippen LogP contribution in [0.1, 0.15) is 31.3 Å². The topological polar surface area (TPSA) is 88.5 Å². The highest BCUT2D eigenvalue weighted by atomic mass is 32.1. The quantitative estimate of drug-likeness (QED) is 0.812. The van der Waals surface area contributed by atoms with Crippen LogP contribution in [-0.2, 0) is 12.6 Å². The van der Waals surface area contributed by atoms with Crippen LogP contribution >= 0.6 is 11.3 Å². The van der Waals surface area contributed by atoms with Crippen LogP contribution in [0, 0.1) is 0 Å². The molecule has 1 heterocycles. The van der Waals surface area contributed by atoms with Crippen LogP contribution in [-0.4, -0.2) is 35.6 Å². The van der Waals surface area contributed by atoms with Gasteiger partial charge < -0.3 is 15.2 Å². The standard InChI is InChI=1S/C15H13F3N2O4S/c1-24-10-6-9(14(22)23)3-2-8(10)4-5-19-13(21)11-12(15(16,17)18)25-7-20-11/h2-3,6-7H,4-5H2,1H3,(H,19,21)(H,22,23). The van der Waals surface area contributed by atoms with Crippen molar-refractivity contribution in [1.82, 2.24) is 10.3 Å². The number of carboxylic acid groups (broad SMARTS) is 1. The third-order valence-corrected chi connectivity index (χ3v) is 4.13. The fourth-order valence-electron chi connectivity index (χ4n) is 2.09. The SMILES string of the molecule is COc1cc(C(=O)O)ccc1CCNC(=O)c1ncsc1C(F)(F)F. The Bertz CT molecular complexity index is 789. The van der Waals surface area contributed by atoms with Crippen molar-refractivity contribution in [2.75, 3.05) is 13.7 Å². The Morgan fingerprint density at radius 2 is 2.08 bits per heavy atom. The lowest BCUT2D eigenvalue weighted by Gasteiger charge is -2.10. The summed E-state index contributed by atoms with van der Waals surface area (Å²) < 4.78 is 43.4. The van der Waals surface area contributed by atoms with E-state index < -0.39 is 28.6 Å². The number of alkyl halides is 3. The number of halogens is 3. The predicted molar refractivity (Wildman–Crippen MR) is 83.1 cm³/mol. The maximum absolute atomic E-state index is 12.8. The van der Waals surface area contributed by atoms with E-state index in [1.807, 2.05) is 0 Å². The summed E-state index contributed by atoms with van der Waals surface area (Å²) in [6.07, 6.45) is -4.38. The second-order valence-corrected chi connectivity index (χ2v) is 5.72. The molecule has 134 valence electrons. The lowest BCUT2D eigenvalue weighted by atomic mass is 10.1. The zero-order valence-electron chi connectivity index (χ0n) is 12.9. The summed E-state index contributed by atoms with van der Waals surface area (Å²) in [5.74, 6) is -1.71. The lowest BCUT2D eigenvalue weighted by molar-refractivity contribution is -0.134. The highest BCUT2D eigenvalue weighted by Crippen LogP contribution is 2.34. The fourth-order valence-corrected chi connectivity index (χ4v) is 2.74. The number of nitrogens with zero attached hydrogens (tertiary/aromatic N) is 1. The van der Waals surface area contributed by atoms with Crippen molar-refractivity contribution in [3.8, 4) is 5.75 Å². The van der Waals surface area contributed by atoms with Gasteiger partial charge in [-0.05, 0) is 24.1 Å². The second kappa shape index (κ2) is 7.51. The smallest absolute Gasteiger partial charge is 0.427 e. The molecule has 2 N–H and O–H groups in total. The molecule has 0 unspecified atom stereocenters. The summed E-state index contributed by atoms with van der Waals surface area (Å²) in [5.41, 5.74) is 0.959. The number of benzene rings is 1. The minimum absolute atomic E-state index is 0.0381. The van der Waals surface area contributed by atoms with Crippen LogP contribution in [0.15, 0.2) is 23.7 Å². The van der Waals surface area contributed by atoms with Crippen molar-refractivity contribution in [2.45, 2.75) is 12.6 Å². The van der Waals surface area contributed by atoms with Crippen LogP contribution in [0.2, 0.25) is 0 Å². The molecule has 0 saturated heterocycles. The largest absolute Gasteiger partial charge is 0.496 e. The average Bonchev–Trinajstić information content (AvgIpc) is 3.04. The lowest BCUT2D eigenvalue weighted by Crippen LogP contribution is -2.28. The molecule has 0 radical (unpaired) electrons. The maximum Gasteiger partial charge on any atom is 0.427 e. The molecule has 1 aromatic heterocycles. The molecule has 25 heavy (non-hydrogen) atoms. The molecular weight excluding hydrogens is 361 g/mol. The van der Waals surface area contributed by atoms with Crippen molar-refractivity contribution < 1.29 is 32.6 Å². The van der Waals surface area contributed by atoms with Gasteiger partial charge in [-0.1, -0.05) is 6.07 Å². The summed E-state index contributed by atoms with van der Waals surface area (Å²) in [6, 6.07) is 4.24. The third kappa shape index (κ3) is 4.47. The zero-order chi connectivity index (χ0) is 18.6. The molecule has 0 spiro atoms. The van der Waals surface area contributed by atoms with Crippen molar-refractivity contribution in [3.63, 3.8) is 0 Å². The van der Waals surface area contributed by atoms with Gasteiger partial charge >= 0.3 is 12.1 Å². The molecule has 10 heteroatoms. The Balaban J connectivity index is 2.03. The Kier molecular flexibility index (Phi) is 5.62. The number of aromatic nitrogens is 1. The molecule has 2 rings (SSSR count). The molecule has 2 aromatic rings. The van der Waals surface area contributed by atoms with Gasteiger partial charge in [-0.3, -0.25) is 4.79 Å². The summed E-state index contributed by atoms with van der Waals surface area (Å²) in [4.78, 5) is 25.2. The number of carbonyl (C=O) groups excluding carboxylic acids is 1. The highest BCUT2D eigenvalue weighted by molar-refractivity contribution is 7.10. The first-order chi connectivity index (χ1) is 11.7. The number of amides is 1. The Labute approximate surface area is 144 Å². The number of rotatable bonds is 6. The third-order valence-electron chi connectivity index (χ3n) is 3.25. The molecule has 0 bridgehead atoms. The van der Waals surface area contributed by atoms with Crippen LogP contribution in [0.4, 0.5) is 13.2 Å². The average molecular weight is 374 g/mol. The number of hydrogen-bond donors (Lipinski definition) is 2. The van der Waals surface area contributed by atoms with Gasteiger partial charge in [0.1, 0.15) is 10.6 Å². The highest BCUT2D eigenvalue weighted by Gasteiger charge is 2.37. The first-order valence-electron chi connectivity index (χ1n) is 6.93. The molecular formula is C15H13F3N2O4S. The fraction of sp³-hybridized carbons (Fsp3) is 0.267. The predicted octanol–water partition coefficient (Wildman–Crippen LogP) is 2.84. The molecule has 0 fully saturated rings. The number of aromatic carboxylic acids is 1. The number of nitrogens with one attached hydrogen (secondary N) is 1. The number of carboxylic acids is 1. The molecule has 6 nitrogen and oxygen atoms in total. The number of ether oxygens (including phenoxy) is 1. The van der Waals surface area contributed by atoms with Gasteiger partial charge in [0.25, 0.3) is 5.91 Å². The second-order valence-electron chi connectivity index (χ2n) is 4.87. The minimum Gasteiger partial charge on any atom is -0.496 e. The first kappa shape index (κ1) is 18.7. The van der Waals surface area contributed by atoms with Crippen molar-refractivity contribution in [2.24, 2.45) is 0 Å². The van der Waals surface area contributed by atoms with E-state index in [0.717, 1.165) is 5.51 Å². The van der Waals surface area contributed by atoms with Gasteiger partial charge in [-0.25, -0.2) is 9.78 Å². The van der Waals surface area contributed by atoms with Gasteiger partial charge in [0.15, 0.2) is 5.69 Å². The van der Waals surface area contributed by atoms with E-state index in [-0.39, 0.29) is 18.5 Å². The van der Waals surface area contributed by atoms with Gasteiger partial charge in [0, 0.05) is 6.54 Å². The van der Waals surface area contributed by atoms with Gasteiger partial charge in [0.2, 0.25) is 0 Å². The van der Waals surface area contributed by atoms with E-state index in [4.69, 9.17) is 9.84 Å². The van der Waals surface area contributed by atoms with E-state index in [1.54, 1.807) is 0 Å². The summed E-state index contributed by atoms with van der Waals surface area (Å²) >= 11 is 0.352. The number of carbonyl (C=O) groups is 2. The summed E-state index contributed by atoms with van der Waals surface area (Å²) in [5, 5.41) is 11.3. The first-order valence-corrected chi connectivity index (χ1v) is 7.81.